The number of rotatable bonds is 21. The summed E-state index contributed by atoms with van der Waals surface area (Å²) in [6, 6.07) is 16.9. The van der Waals surface area contributed by atoms with Gasteiger partial charge in [-0.3, -0.25) is 58.7 Å². The summed E-state index contributed by atoms with van der Waals surface area (Å²) in [5.41, 5.74) is 6.33. The number of aryl methyl sites for hydroxylation is 4. The van der Waals surface area contributed by atoms with Gasteiger partial charge in [-0.25, -0.2) is 4.98 Å². The fraction of sp³-hybridized carbons (Fsp3) is 0.451. The van der Waals surface area contributed by atoms with E-state index >= 15 is 0 Å². The van der Waals surface area contributed by atoms with Crippen molar-refractivity contribution in [2.45, 2.75) is 125 Å². The number of carboxylic acid groups (broad SMARTS) is 1. The van der Waals surface area contributed by atoms with Crippen LogP contribution in [0.2, 0.25) is 5.15 Å². The van der Waals surface area contributed by atoms with E-state index in [0.29, 0.717) is 82.5 Å². The number of carbonyl (C=O) groups is 6. The van der Waals surface area contributed by atoms with Crippen molar-refractivity contribution < 1.29 is 121 Å². The van der Waals surface area contributed by atoms with E-state index in [1.165, 1.54) is 24.8 Å². The van der Waals surface area contributed by atoms with Crippen LogP contribution < -0.4 is 53.8 Å². The first kappa shape index (κ1) is 91.4. The summed E-state index contributed by atoms with van der Waals surface area (Å²) in [7, 11) is 6.41. The van der Waals surface area contributed by atoms with Gasteiger partial charge >= 0.3 is 59.4 Å². The Morgan fingerprint density at radius 3 is 1.42 bits per heavy atom. The number of pyridine rings is 1. The van der Waals surface area contributed by atoms with E-state index in [1.54, 1.807) is 89.3 Å². The Balaban J connectivity index is 0.000000447. The van der Waals surface area contributed by atoms with Crippen molar-refractivity contribution >= 4 is 47.4 Å². The second-order valence-corrected chi connectivity index (χ2v) is 22.4. The van der Waals surface area contributed by atoms with Crippen LogP contribution in [0.5, 0.6) is 23.0 Å². The van der Waals surface area contributed by atoms with E-state index in [1.807, 2.05) is 73.3 Å². The Hall–Kier alpha value is -9.70. The van der Waals surface area contributed by atoms with Gasteiger partial charge in [-0.05, 0) is 150 Å². The van der Waals surface area contributed by atoms with Gasteiger partial charge in [-0.2, -0.15) is 9.97 Å². The Bertz CT molecular complexity index is 3860. The summed E-state index contributed by atoms with van der Waals surface area (Å²) in [6.45, 7) is 20.2. The molecule has 2 aliphatic rings. The Morgan fingerprint density at radius 1 is 0.552 bits per heavy atom. The number of aliphatic carboxylic acids is 1. The molecule has 34 heteroatoms. The zero-order valence-corrected chi connectivity index (χ0v) is 64.6. The number of nitrogens with one attached hydrogen (secondary N) is 1. The van der Waals surface area contributed by atoms with Gasteiger partial charge in [-0.15, -0.1) is 0 Å². The summed E-state index contributed by atoms with van der Waals surface area (Å²) < 4.78 is 50.9. The minimum Gasteiger partial charge on any atom is -0.870 e. The number of aromatic nitrogens is 11. The first-order valence-electron chi connectivity index (χ1n) is 33.1. The molecule has 0 unspecified atom stereocenters. The molecule has 105 heavy (non-hydrogen) atoms. The summed E-state index contributed by atoms with van der Waals surface area (Å²) in [5.74, 6) is 1.16. The van der Waals surface area contributed by atoms with Gasteiger partial charge in [0.2, 0.25) is 29.3 Å². The average Bonchev–Trinajstić information content (AvgIpc) is 1.57. The van der Waals surface area contributed by atoms with Crippen molar-refractivity contribution in [3.63, 3.8) is 0 Å². The maximum absolute atomic E-state index is 12.6. The standard InChI is InChI=1S/C23H26N4O4.C15H19N3O3.C12H16N2O4.C7H8N2O2.C7H12O4.C5H5ClN2.C2H6O.Na.H2O/c1-15-5-4-6-18(24-15)14-21(28)27-11-9-16(10-12-27)23-25-22(26-31-23)17-7-8-19(29-2)20(13-17)30-3;1-19-12-4-3-11(9-13(12)20-2)14-17-15(21-18-14)10-5-7-16-8-6-10;1-4-17-11(15)10(12(16)18-5-2)9-7-13-6-8(3)14-9;1-5-3-8-4-6(9-5)2-7(10)11;1-3-10-6(8)5-7(9)11-4-2;1-4-2-7-3-5(6)8-4;1-2-3;;/h4-8,13,16H,9-12,14H2,1-3H3;3-4,9-10,16H,5-8H2,1-2H3;6-7,10H,4-5H2,1-3H3;3-4H,2H2,1H3,(H,10,11);3-5H2,1-2H3;2-3H,1H3;3H,2H2,1H3;;1H2/q;;;;;;;+1;/p-1. The topological polar surface area (TPSA) is 430 Å². The minimum absolute atomic E-state index is 0. The SMILES string of the molecule is CCO.CCOC(=O)C(C(=O)OCC)c1cncc(C)n1.CCOC(=O)CC(=O)OCC.COc1ccc(-c2noc(C3CCN(C(=O)Cc4cccc(C)n4)CC3)n2)cc1OC.COc1ccc(-c2noc(C3CCNCC3)n2)cc1OC.Cc1cncc(CC(=O)O)n1.Cc1cncc(Cl)n1.[Na+].[OH-]. The third kappa shape index (κ3) is 32.9. The van der Waals surface area contributed by atoms with Crippen LogP contribution in [0, 0.1) is 27.7 Å². The zero-order chi connectivity index (χ0) is 75.6. The predicted octanol–water partition coefficient (Wildman–Crippen LogP) is 5.80. The van der Waals surface area contributed by atoms with Crippen LogP contribution in [-0.4, -0.2) is 199 Å². The Kier molecular flexibility index (Phi) is 44.1. The molecular weight excluding hydrogens is 1400 g/mol. The molecule has 2 saturated heterocycles. The molecule has 0 saturated carbocycles. The van der Waals surface area contributed by atoms with Gasteiger partial charge < -0.3 is 72.8 Å². The number of hydrogen-bond donors (Lipinski definition) is 3. The number of aliphatic hydroxyl groups excluding tert-OH is 1. The summed E-state index contributed by atoms with van der Waals surface area (Å²) >= 11 is 5.47. The average molecular weight is 1490 g/mol. The molecule has 2 fully saturated rings. The Labute approximate surface area is 637 Å². The van der Waals surface area contributed by atoms with Crippen molar-refractivity contribution in [2.24, 2.45) is 0 Å². The number of nitrogens with zero attached hydrogens (tertiary/aromatic N) is 12. The van der Waals surface area contributed by atoms with Crippen LogP contribution in [0.25, 0.3) is 22.8 Å². The maximum atomic E-state index is 12.6. The van der Waals surface area contributed by atoms with Crippen LogP contribution in [0.15, 0.2) is 101 Å². The number of likely N-dealkylation sites (tertiary alicyclic amines) is 1. The van der Waals surface area contributed by atoms with Gasteiger partial charge in [0, 0.05) is 85.0 Å². The van der Waals surface area contributed by atoms with Crippen molar-refractivity contribution in [1.82, 2.24) is 65.4 Å². The molecule has 32 nitrogen and oxygen atoms in total. The van der Waals surface area contributed by atoms with Gasteiger partial charge in [0.15, 0.2) is 28.9 Å². The van der Waals surface area contributed by atoms with Crippen molar-refractivity contribution in [2.75, 3.05) is 87.7 Å². The number of carbonyl (C=O) groups excluding carboxylic acids is 5. The van der Waals surface area contributed by atoms with Gasteiger partial charge in [-0.1, -0.05) is 28.0 Å². The maximum Gasteiger partial charge on any atom is 1.00 e. The normalized spacial score (nSPS) is 12.0. The molecule has 6 aromatic heterocycles. The number of piperidine rings is 2. The zero-order valence-electron chi connectivity index (χ0n) is 61.8. The van der Waals surface area contributed by atoms with Crippen LogP contribution in [-0.2, 0) is 60.6 Å². The molecule has 0 aliphatic carbocycles. The second-order valence-electron chi connectivity index (χ2n) is 22.0. The van der Waals surface area contributed by atoms with Gasteiger partial charge in [0.1, 0.15) is 11.6 Å². The molecule has 1 amide bonds. The molecule has 8 heterocycles. The summed E-state index contributed by atoms with van der Waals surface area (Å²) in [5, 5.41) is 28.0. The van der Waals surface area contributed by atoms with E-state index in [9.17, 15) is 28.8 Å². The number of ether oxygens (including phenoxy) is 8. The van der Waals surface area contributed by atoms with Gasteiger partial charge in [0.05, 0.1) is 102 Å². The van der Waals surface area contributed by atoms with Crippen LogP contribution in [0.1, 0.15) is 136 Å². The predicted molar refractivity (Wildman–Crippen MR) is 377 cm³/mol. The largest absolute Gasteiger partial charge is 1.00 e. The first-order chi connectivity index (χ1) is 49.6. The molecule has 10 rings (SSSR count). The fourth-order valence-electron chi connectivity index (χ4n) is 9.54. The molecule has 0 atom stereocenters. The molecule has 0 bridgehead atoms. The van der Waals surface area contributed by atoms with Crippen molar-refractivity contribution in [3.8, 4) is 45.8 Å². The first-order valence-corrected chi connectivity index (χ1v) is 33.5. The number of carboxylic acids is 1. The molecule has 4 N–H and O–H groups in total. The minimum atomic E-state index is -1.17. The van der Waals surface area contributed by atoms with Crippen molar-refractivity contribution in [1.29, 1.82) is 0 Å². The number of esters is 4. The fourth-order valence-corrected chi connectivity index (χ4v) is 9.73. The third-order valence-electron chi connectivity index (χ3n) is 14.2. The third-order valence-corrected chi connectivity index (χ3v) is 14.4. The van der Waals surface area contributed by atoms with Crippen LogP contribution in [0.4, 0.5) is 0 Å². The number of aliphatic hydroxyl groups is 1. The van der Waals surface area contributed by atoms with E-state index in [2.05, 4.69) is 70.0 Å². The molecule has 8 aromatic rings. The molecule has 0 spiro atoms. The summed E-state index contributed by atoms with van der Waals surface area (Å²) in [6.07, 6.45) is 12.8. The second kappa shape index (κ2) is 50.7. The van der Waals surface area contributed by atoms with E-state index in [0.717, 1.165) is 78.6 Å². The Morgan fingerprint density at radius 2 is 1.00 bits per heavy atom. The van der Waals surface area contributed by atoms with Crippen LogP contribution in [0.3, 0.4) is 0 Å². The smallest absolute Gasteiger partial charge is 0.870 e. The summed E-state index contributed by atoms with van der Waals surface area (Å²) in [4.78, 5) is 107. The number of halogens is 1. The molecule has 2 aliphatic heterocycles. The van der Waals surface area contributed by atoms with E-state index in [-0.39, 0.29) is 98.4 Å². The number of amides is 1. The number of methoxy groups -OCH3 is 4. The van der Waals surface area contributed by atoms with E-state index < -0.39 is 35.8 Å². The quantitative estimate of drug-likeness (QED) is 0.0331. The van der Waals surface area contributed by atoms with Crippen molar-refractivity contribution in [3.05, 3.63) is 149 Å². The molecule has 2 aromatic carbocycles. The molecular formula is C71H93ClN13NaO19. The molecule has 564 valence electrons. The monoisotopic (exact) mass is 1490 g/mol. The number of benzene rings is 2. The number of hydrogen-bond acceptors (Lipinski definition) is 30. The molecule has 0 radical (unpaired) electrons. The van der Waals surface area contributed by atoms with Gasteiger partial charge in [0.25, 0.3) is 0 Å². The van der Waals surface area contributed by atoms with Crippen LogP contribution >= 0.6 is 11.6 Å². The van der Waals surface area contributed by atoms with E-state index in [4.69, 9.17) is 59.3 Å².